The largest absolute Gasteiger partial charge is 0.318 e. The monoisotopic (exact) mass is 774 g/mol. The van der Waals surface area contributed by atoms with Gasteiger partial charge in [0, 0.05) is 12.4 Å². The van der Waals surface area contributed by atoms with Crippen molar-refractivity contribution in [1.29, 1.82) is 0 Å². The van der Waals surface area contributed by atoms with E-state index in [0.29, 0.717) is 5.69 Å². The lowest BCUT2D eigenvalue weighted by Crippen LogP contribution is -2.36. The Hall–Kier alpha value is -5.86. The summed E-state index contributed by atoms with van der Waals surface area (Å²) in [6.45, 7) is 0. The number of carbonyl (C=O) groups is 1. The molecule has 0 N–H and O–H groups in total. The second kappa shape index (κ2) is 15.4. The van der Waals surface area contributed by atoms with Crippen LogP contribution in [0.5, 0.6) is 0 Å². The van der Waals surface area contributed by atoms with Gasteiger partial charge in [0.1, 0.15) is 20.5 Å². The van der Waals surface area contributed by atoms with E-state index in [4.69, 9.17) is 0 Å². The van der Waals surface area contributed by atoms with E-state index in [0.717, 1.165) is 26.7 Å². The molecule has 0 saturated heterocycles. The standard InChI is InChI=1S/C23H18N2O.C22H17IN2/c26-17-22-16-25(18-24-22)23(19-10-4-1-5-11-19,20-12-6-2-7-13-20)21-14-8-3-9-15-21;23-21-16-25(17-24-21)22(18-10-4-1-5-11-18,19-12-6-2-7-13-19)20-14-8-3-9-15-20/h1-18H;1-17H. The third-order valence-corrected chi connectivity index (χ3v) is 9.76. The van der Waals surface area contributed by atoms with Crippen LogP contribution in [0.3, 0.4) is 0 Å². The lowest BCUT2D eigenvalue weighted by Gasteiger charge is -2.37. The minimum absolute atomic E-state index is 0.414. The van der Waals surface area contributed by atoms with E-state index in [2.05, 4.69) is 171 Å². The third-order valence-electron chi connectivity index (χ3n) is 9.20. The molecule has 6 heteroatoms. The zero-order valence-electron chi connectivity index (χ0n) is 27.8. The summed E-state index contributed by atoms with van der Waals surface area (Å²) in [5.74, 6) is 0. The van der Waals surface area contributed by atoms with E-state index in [1.165, 1.54) is 16.7 Å². The van der Waals surface area contributed by atoms with Crippen LogP contribution in [-0.2, 0) is 11.1 Å². The number of nitrogens with zero attached hydrogens (tertiary/aromatic N) is 4. The molecule has 6 aromatic carbocycles. The molecule has 0 bridgehead atoms. The Morgan fingerprint density at radius 3 is 0.922 bits per heavy atom. The minimum Gasteiger partial charge on any atom is -0.318 e. The number of aldehydes is 1. The van der Waals surface area contributed by atoms with Crippen LogP contribution in [0.2, 0.25) is 0 Å². The summed E-state index contributed by atoms with van der Waals surface area (Å²) in [6, 6.07) is 62.8. The first kappa shape index (κ1) is 33.6. The van der Waals surface area contributed by atoms with Crippen molar-refractivity contribution in [2.45, 2.75) is 11.1 Å². The second-order valence-electron chi connectivity index (χ2n) is 12.0. The van der Waals surface area contributed by atoms with Gasteiger partial charge in [-0.1, -0.05) is 182 Å². The summed E-state index contributed by atoms with van der Waals surface area (Å²) in [5.41, 5.74) is 6.28. The number of rotatable bonds is 9. The van der Waals surface area contributed by atoms with Gasteiger partial charge in [0.2, 0.25) is 0 Å². The van der Waals surface area contributed by atoms with Gasteiger partial charge in [0.25, 0.3) is 0 Å². The highest BCUT2D eigenvalue weighted by atomic mass is 127. The average molecular weight is 775 g/mol. The number of aromatic nitrogens is 4. The lowest BCUT2D eigenvalue weighted by molar-refractivity contribution is 0.111. The molecule has 0 spiro atoms. The van der Waals surface area contributed by atoms with Crippen LogP contribution < -0.4 is 0 Å². The predicted octanol–water partition coefficient (Wildman–Crippen LogP) is 9.86. The molecule has 8 rings (SSSR count). The Morgan fingerprint density at radius 2 is 0.686 bits per heavy atom. The quantitative estimate of drug-likeness (QED) is 0.0834. The topological polar surface area (TPSA) is 52.7 Å². The highest BCUT2D eigenvalue weighted by Crippen LogP contribution is 2.42. The van der Waals surface area contributed by atoms with Crippen LogP contribution in [0, 0.1) is 3.70 Å². The van der Waals surface area contributed by atoms with Gasteiger partial charge in [-0.3, -0.25) is 4.79 Å². The summed E-state index contributed by atoms with van der Waals surface area (Å²) in [7, 11) is 0. The van der Waals surface area contributed by atoms with Crippen LogP contribution in [0.15, 0.2) is 207 Å². The molecule has 5 nitrogen and oxygen atoms in total. The van der Waals surface area contributed by atoms with Crippen molar-refractivity contribution in [2.24, 2.45) is 0 Å². The van der Waals surface area contributed by atoms with E-state index < -0.39 is 11.1 Å². The number of carbonyl (C=O) groups excluding carboxylic acids is 1. The molecular formula is C45H35IN4O. The molecule has 2 heterocycles. The maximum absolute atomic E-state index is 11.3. The SMILES string of the molecule is Ic1cn(C(c2ccccc2)(c2ccccc2)c2ccccc2)cn1.O=Cc1cn(C(c2ccccc2)(c2ccccc2)c2ccccc2)cn1. The maximum Gasteiger partial charge on any atom is 0.169 e. The summed E-state index contributed by atoms with van der Waals surface area (Å²) < 4.78 is 5.22. The van der Waals surface area contributed by atoms with E-state index in [9.17, 15) is 4.79 Å². The number of benzene rings is 6. The Bertz CT molecular complexity index is 2080. The van der Waals surface area contributed by atoms with Crippen molar-refractivity contribution in [3.05, 3.63) is 250 Å². The number of hydrogen-bond acceptors (Lipinski definition) is 3. The van der Waals surface area contributed by atoms with E-state index in [1.807, 2.05) is 65.5 Å². The number of halogens is 1. The molecule has 0 saturated carbocycles. The van der Waals surface area contributed by atoms with Gasteiger partial charge in [-0.05, 0) is 56.0 Å². The van der Waals surface area contributed by atoms with Crippen LogP contribution >= 0.6 is 22.6 Å². The molecule has 0 unspecified atom stereocenters. The Morgan fingerprint density at radius 1 is 0.412 bits per heavy atom. The minimum atomic E-state index is -0.613. The fraction of sp³-hybridized carbons (Fsp3) is 0.0444. The summed E-state index contributed by atoms with van der Waals surface area (Å²) in [5, 5.41) is 0. The van der Waals surface area contributed by atoms with Gasteiger partial charge in [-0.15, -0.1) is 0 Å². The zero-order chi connectivity index (χ0) is 34.9. The molecule has 0 aliphatic heterocycles. The average Bonchev–Trinajstić information content (AvgIpc) is 3.88. The van der Waals surface area contributed by atoms with Gasteiger partial charge in [-0.25, -0.2) is 9.97 Å². The highest BCUT2D eigenvalue weighted by Gasteiger charge is 2.39. The van der Waals surface area contributed by atoms with Crippen molar-refractivity contribution in [3.63, 3.8) is 0 Å². The summed E-state index contributed by atoms with van der Waals surface area (Å²) in [4.78, 5) is 20.1. The molecule has 248 valence electrons. The lowest BCUT2D eigenvalue weighted by atomic mass is 9.77. The number of hydrogen-bond donors (Lipinski definition) is 0. The van der Waals surface area contributed by atoms with Gasteiger partial charge < -0.3 is 9.13 Å². The predicted molar refractivity (Wildman–Crippen MR) is 212 cm³/mol. The van der Waals surface area contributed by atoms with Crippen molar-refractivity contribution in [1.82, 2.24) is 19.1 Å². The molecule has 0 atom stereocenters. The smallest absolute Gasteiger partial charge is 0.169 e. The van der Waals surface area contributed by atoms with E-state index in [-0.39, 0.29) is 0 Å². The molecule has 0 radical (unpaired) electrons. The molecule has 0 aliphatic rings. The van der Waals surface area contributed by atoms with Crippen molar-refractivity contribution < 1.29 is 4.79 Å². The molecule has 2 aromatic heterocycles. The van der Waals surface area contributed by atoms with Crippen LogP contribution in [-0.4, -0.2) is 25.4 Å². The maximum atomic E-state index is 11.3. The van der Waals surface area contributed by atoms with Crippen molar-refractivity contribution in [3.8, 4) is 0 Å². The Kier molecular flexibility index (Phi) is 10.1. The van der Waals surface area contributed by atoms with Crippen molar-refractivity contribution >= 4 is 28.9 Å². The molecule has 51 heavy (non-hydrogen) atoms. The third kappa shape index (κ3) is 6.46. The van der Waals surface area contributed by atoms with Gasteiger partial charge >= 0.3 is 0 Å². The molecule has 0 fully saturated rings. The van der Waals surface area contributed by atoms with Crippen LogP contribution in [0.25, 0.3) is 0 Å². The fourth-order valence-electron chi connectivity index (χ4n) is 7.04. The first-order chi connectivity index (χ1) is 25.2. The molecular weight excluding hydrogens is 739 g/mol. The number of imidazole rings is 2. The van der Waals surface area contributed by atoms with E-state index in [1.54, 1.807) is 12.5 Å². The molecule has 0 aliphatic carbocycles. The van der Waals surface area contributed by atoms with Crippen LogP contribution in [0.4, 0.5) is 0 Å². The Labute approximate surface area is 312 Å². The highest BCUT2D eigenvalue weighted by molar-refractivity contribution is 14.1. The summed E-state index contributed by atoms with van der Waals surface area (Å²) in [6.07, 6.45) is 8.35. The fourth-order valence-corrected chi connectivity index (χ4v) is 7.46. The first-order valence-electron chi connectivity index (χ1n) is 16.7. The first-order valence-corrected chi connectivity index (χ1v) is 17.8. The summed E-state index contributed by atoms with van der Waals surface area (Å²) >= 11 is 2.27. The second-order valence-corrected chi connectivity index (χ2v) is 13.1. The molecule has 0 amide bonds. The Balaban J connectivity index is 0.000000159. The van der Waals surface area contributed by atoms with Gasteiger partial charge in [-0.2, -0.15) is 0 Å². The van der Waals surface area contributed by atoms with Gasteiger partial charge in [0.15, 0.2) is 6.29 Å². The van der Waals surface area contributed by atoms with Crippen molar-refractivity contribution in [2.75, 3.05) is 0 Å². The zero-order valence-corrected chi connectivity index (χ0v) is 29.9. The van der Waals surface area contributed by atoms with E-state index >= 15 is 0 Å². The molecule has 8 aromatic rings. The normalized spacial score (nSPS) is 11.3. The van der Waals surface area contributed by atoms with Crippen LogP contribution in [0.1, 0.15) is 43.9 Å². The van der Waals surface area contributed by atoms with Gasteiger partial charge in [0.05, 0.1) is 12.7 Å².